The first-order valence-corrected chi connectivity index (χ1v) is 14.5. The summed E-state index contributed by atoms with van der Waals surface area (Å²) in [6.07, 6.45) is 0. The van der Waals surface area contributed by atoms with Gasteiger partial charge in [0.25, 0.3) is 0 Å². The highest BCUT2D eigenvalue weighted by Crippen LogP contribution is 2.52. The molecule has 3 aromatic rings. The molecule has 2 fully saturated rings. The number of pyridine rings is 1. The normalized spacial score (nSPS) is 18.4. The average Bonchev–Trinajstić information content (AvgIpc) is 2.96. The molecule has 10 heteroatoms. The molecule has 1 aromatic heterocycles. The van der Waals surface area contributed by atoms with Gasteiger partial charge in [0.05, 0.1) is 38.2 Å². The second-order valence-corrected chi connectivity index (χ2v) is 11.7. The third-order valence-corrected chi connectivity index (χ3v) is 9.69. The lowest BCUT2D eigenvalue weighted by molar-refractivity contribution is -0.122. The summed E-state index contributed by atoms with van der Waals surface area (Å²) in [5.41, 5.74) is 3.43. The third-order valence-electron chi connectivity index (χ3n) is 7.09. The molecule has 38 heavy (non-hydrogen) atoms. The van der Waals surface area contributed by atoms with E-state index in [9.17, 15) is 9.59 Å². The highest BCUT2D eigenvalue weighted by Gasteiger charge is 2.25. The molecular formula is C28H30N4O4S2. The molecule has 0 spiro atoms. The number of ether oxygens (including phenoxy) is 2. The smallest absolute Gasteiger partial charge is 0.250 e. The number of hydrogen-bond acceptors (Lipinski definition) is 8. The SMILES string of the molecule is CC(C(=O)Nc1ccc2c(c1)Sc1cccc(-c3cc(N4CCOCC4)cc(=O)[nH]3)c1S2)N1CCOCC1. The van der Waals surface area contributed by atoms with Crippen LogP contribution in [-0.2, 0) is 14.3 Å². The largest absolute Gasteiger partial charge is 0.379 e. The Hall–Kier alpha value is -2.76. The van der Waals surface area contributed by atoms with Gasteiger partial charge in [-0.05, 0) is 37.3 Å². The maximum Gasteiger partial charge on any atom is 0.250 e. The number of nitrogens with one attached hydrogen (secondary N) is 2. The Balaban J connectivity index is 1.23. The Kier molecular flexibility index (Phi) is 7.49. The van der Waals surface area contributed by atoms with Crippen molar-refractivity contribution in [2.45, 2.75) is 32.5 Å². The molecule has 0 aliphatic carbocycles. The van der Waals surface area contributed by atoms with Crippen LogP contribution >= 0.6 is 23.5 Å². The number of amides is 1. The molecule has 8 nitrogen and oxygen atoms in total. The van der Waals surface area contributed by atoms with E-state index in [4.69, 9.17) is 9.47 Å². The van der Waals surface area contributed by atoms with Gasteiger partial charge >= 0.3 is 0 Å². The number of aromatic nitrogens is 1. The summed E-state index contributed by atoms with van der Waals surface area (Å²) < 4.78 is 10.9. The molecule has 198 valence electrons. The van der Waals surface area contributed by atoms with Crippen molar-refractivity contribution >= 4 is 40.8 Å². The quantitative estimate of drug-likeness (QED) is 0.383. The fourth-order valence-corrected chi connectivity index (χ4v) is 7.36. The molecule has 0 saturated carbocycles. The Morgan fingerprint density at radius 1 is 0.921 bits per heavy atom. The molecule has 6 rings (SSSR count). The molecule has 3 aliphatic rings. The lowest BCUT2D eigenvalue weighted by Crippen LogP contribution is -2.47. The second-order valence-electron chi connectivity index (χ2n) is 9.53. The van der Waals surface area contributed by atoms with Crippen molar-refractivity contribution in [2.24, 2.45) is 0 Å². The number of morpholine rings is 2. The van der Waals surface area contributed by atoms with Crippen LogP contribution in [-0.4, -0.2) is 74.4 Å². The summed E-state index contributed by atoms with van der Waals surface area (Å²) >= 11 is 3.38. The van der Waals surface area contributed by atoms with E-state index in [0.717, 1.165) is 68.4 Å². The number of rotatable bonds is 5. The van der Waals surface area contributed by atoms with Crippen molar-refractivity contribution in [1.29, 1.82) is 0 Å². The maximum absolute atomic E-state index is 12.9. The third kappa shape index (κ3) is 5.37. The van der Waals surface area contributed by atoms with E-state index in [1.54, 1.807) is 29.6 Å². The van der Waals surface area contributed by atoms with Crippen LogP contribution in [0.4, 0.5) is 11.4 Å². The molecule has 2 saturated heterocycles. The van der Waals surface area contributed by atoms with Crippen molar-refractivity contribution in [3.05, 3.63) is 58.9 Å². The zero-order valence-electron chi connectivity index (χ0n) is 21.2. The lowest BCUT2D eigenvalue weighted by Gasteiger charge is -2.31. The van der Waals surface area contributed by atoms with Crippen molar-refractivity contribution in [3.8, 4) is 11.3 Å². The van der Waals surface area contributed by atoms with Crippen molar-refractivity contribution < 1.29 is 14.3 Å². The van der Waals surface area contributed by atoms with Crippen LogP contribution in [0.1, 0.15) is 6.92 Å². The Morgan fingerprint density at radius 3 is 2.47 bits per heavy atom. The molecule has 0 bridgehead atoms. The summed E-state index contributed by atoms with van der Waals surface area (Å²) in [6, 6.07) is 15.8. The van der Waals surface area contributed by atoms with E-state index in [1.807, 2.05) is 25.1 Å². The molecule has 4 heterocycles. The van der Waals surface area contributed by atoms with E-state index in [0.29, 0.717) is 26.4 Å². The fourth-order valence-electron chi connectivity index (χ4n) is 4.95. The van der Waals surface area contributed by atoms with Gasteiger partial charge in [-0.25, -0.2) is 0 Å². The molecule has 0 radical (unpaired) electrons. The van der Waals surface area contributed by atoms with E-state index < -0.39 is 0 Å². The van der Waals surface area contributed by atoms with Gasteiger partial charge in [0, 0.05) is 68.8 Å². The monoisotopic (exact) mass is 550 g/mol. The number of fused-ring (bicyclic) bond motifs is 2. The number of nitrogens with zero attached hydrogens (tertiary/aromatic N) is 2. The van der Waals surface area contributed by atoms with Crippen LogP contribution < -0.4 is 15.8 Å². The van der Waals surface area contributed by atoms with Crippen LogP contribution in [0.3, 0.4) is 0 Å². The highest BCUT2D eigenvalue weighted by molar-refractivity contribution is 8.05. The van der Waals surface area contributed by atoms with Gasteiger partial charge in [-0.3, -0.25) is 14.5 Å². The minimum atomic E-state index is -0.212. The van der Waals surface area contributed by atoms with Crippen molar-refractivity contribution in [2.75, 3.05) is 62.8 Å². The summed E-state index contributed by atoms with van der Waals surface area (Å²) in [5.74, 6) is -0.00731. The van der Waals surface area contributed by atoms with Gasteiger partial charge in [0.15, 0.2) is 0 Å². The van der Waals surface area contributed by atoms with E-state index in [-0.39, 0.29) is 17.5 Å². The van der Waals surface area contributed by atoms with Gasteiger partial charge in [-0.2, -0.15) is 0 Å². The van der Waals surface area contributed by atoms with Gasteiger partial charge in [-0.1, -0.05) is 35.7 Å². The second kappa shape index (κ2) is 11.2. The minimum Gasteiger partial charge on any atom is -0.379 e. The van der Waals surface area contributed by atoms with Gasteiger partial charge in [0.1, 0.15) is 0 Å². The van der Waals surface area contributed by atoms with Crippen molar-refractivity contribution in [1.82, 2.24) is 9.88 Å². The molecule has 3 aliphatic heterocycles. The number of aromatic amines is 1. The molecule has 1 amide bonds. The number of carbonyl (C=O) groups excluding carboxylic acids is 1. The summed E-state index contributed by atoms with van der Waals surface area (Å²) in [5, 5.41) is 3.10. The van der Waals surface area contributed by atoms with Crippen LogP contribution in [0.15, 0.2) is 72.9 Å². The molecular weight excluding hydrogens is 520 g/mol. The van der Waals surface area contributed by atoms with E-state index in [1.165, 1.54) is 0 Å². The molecule has 2 N–H and O–H groups in total. The van der Waals surface area contributed by atoms with Crippen LogP contribution in [0.25, 0.3) is 11.3 Å². The zero-order chi connectivity index (χ0) is 26.1. The van der Waals surface area contributed by atoms with E-state index >= 15 is 0 Å². The topological polar surface area (TPSA) is 86.9 Å². The average molecular weight is 551 g/mol. The van der Waals surface area contributed by atoms with Gasteiger partial charge in [-0.15, -0.1) is 0 Å². The number of benzene rings is 2. The Labute approximate surface area is 230 Å². The number of hydrogen-bond donors (Lipinski definition) is 2. The Morgan fingerprint density at radius 2 is 1.68 bits per heavy atom. The predicted molar refractivity (Wildman–Crippen MR) is 151 cm³/mol. The van der Waals surface area contributed by atoms with Crippen LogP contribution in [0.2, 0.25) is 0 Å². The minimum absolute atomic E-state index is 0.00731. The molecule has 1 atom stereocenters. The van der Waals surface area contributed by atoms with Gasteiger partial charge in [0.2, 0.25) is 11.5 Å². The molecule has 2 aromatic carbocycles. The predicted octanol–water partition coefficient (Wildman–Crippen LogP) is 4.15. The first kappa shape index (κ1) is 25.5. The fraction of sp³-hybridized carbons (Fsp3) is 0.357. The Bertz CT molecular complexity index is 1400. The molecule has 1 unspecified atom stereocenters. The standard InChI is InChI=1S/C28H30N4O4S2/c1-18(31-7-11-35-12-8-31)28(34)29-19-5-6-23-25(15-19)37-24-4-2-3-21(27(24)38-23)22-16-20(17-26(33)30-22)32-9-13-36-14-10-32/h2-6,15-18H,7-14H2,1H3,(H,29,34)(H,30,33). The van der Waals surface area contributed by atoms with Crippen LogP contribution in [0.5, 0.6) is 0 Å². The van der Waals surface area contributed by atoms with Crippen molar-refractivity contribution in [3.63, 3.8) is 0 Å². The summed E-state index contributed by atoms with van der Waals surface area (Å²) in [6.45, 7) is 7.70. The van der Waals surface area contributed by atoms with Crippen LogP contribution in [0, 0.1) is 0 Å². The zero-order valence-corrected chi connectivity index (χ0v) is 22.8. The lowest BCUT2D eigenvalue weighted by atomic mass is 10.1. The number of H-pyrrole nitrogens is 1. The summed E-state index contributed by atoms with van der Waals surface area (Å²) in [4.78, 5) is 37.4. The number of anilines is 2. The first-order chi connectivity index (χ1) is 18.5. The number of carbonyl (C=O) groups is 1. The first-order valence-electron chi connectivity index (χ1n) is 12.9. The highest BCUT2D eigenvalue weighted by atomic mass is 32.2. The summed E-state index contributed by atoms with van der Waals surface area (Å²) in [7, 11) is 0. The van der Waals surface area contributed by atoms with E-state index in [2.05, 4.69) is 44.4 Å². The van der Waals surface area contributed by atoms with Gasteiger partial charge < -0.3 is 24.7 Å². The maximum atomic E-state index is 12.9.